The molecule has 0 spiro atoms. The first kappa shape index (κ1) is 93.7. The zero-order valence-electron chi connectivity index (χ0n) is 59.8. The fourth-order valence-corrected chi connectivity index (χ4v) is 14.9. The maximum Gasteiger partial charge on any atom is 2.00 e. The SMILES string of the molecule is CCCCCCCCCCCCSCC(COP(=O)([O-])OC[C@H]1O[C@@H](n2cc(F)c(=O)[nH]c2=O)[C@H](O)[C@@H]1O)OCCCCCCCCCC.CCCCCCCCCCCCSCC(COP(=O)([O-])OC[C@H]1O[C@@H](n2cc(F)c(=O)[nH]c2=O)[C@H](O)[C@@H]1O)OCCCCCCCCCC.[Mg+2]. The van der Waals surface area contributed by atoms with Gasteiger partial charge in [0.1, 0.15) is 36.6 Å². The summed E-state index contributed by atoms with van der Waals surface area (Å²) < 4.78 is 97.1. The third-order valence-electron chi connectivity index (χ3n) is 17.3. The topological polar surface area (TPSA) is 345 Å². The maximum absolute atomic E-state index is 13.8. The van der Waals surface area contributed by atoms with Gasteiger partial charge >= 0.3 is 34.4 Å². The second-order valence-corrected chi connectivity index (χ2v) is 31.0. The molecule has 2 aromatic rings. The summed E-state index contributed by atoms with van der Waals surface area (Å²) in [7, 11) is -9.76. The Morgan fingerprint density at radius 3 is 1.02 bits per heavy atom. The molecule has 0 amide bonds. The van der Waals surface area contributed by atoms with Crippen LogP contribution in [0.5, 0.6) is 0 Å². The van der Waals surface area contributed by atoms with E-state index in [1.807, 2.05) is 0 Å². The van der Waals surface area contributed by atoms with E-state index in [1.54, 1.807) is 33.5 Å². The van der Waals surface area contributed by atoms with Crippen molar-refractivity contribution in [1.29, 1.82) is 0 Å². The molecular weight excluding hydrogens is 1380 g/mol. The molecule has 2 fully saturated rings. The van der Waals surface area contributed by atoms with Gasteiger partial charge in [-0.15, -0.1) is 0 Å². The molecule has 31 heteroatoms. The molecular formula is C68H122F2MgN4O20P2S2. The molecule has 12 atom stereocenters. The molecule has 0 aliphatic carbocycles. The number of ether oxygens (including phenoxy) is 4. The first-order valence-corrected chi connectivity index (χ1v) is 42.1. The Morgan fingerprint density at radius 1 is 0.455 bits per heavy atom. The van der Waals surface area contributed by atoms with Gasteiger partial charge in [-0.2, -0.15) is 32.3 Å². The van der Waals surface area contributed by atoms with Crippen LogP contribution in [-0.4, -0.2) is 174 Å². The van der Waals surface area contributed by atoms with Gasteiger partial charge in [0.05, 0.1) is 51.0 Å². The molecule has 24 nitrogen and oxygen atoms in total. The molecule has 0 aromatic carbocycles. The van der Waals surface area contributed by atoms with Crippen molar-refractivity contribution in [2.24, 2.45) is 0 Å². The Hall–Kier alpha value is -1.41. The molecule has 99 heavy (non-hydrogen) atoms. The number of rotatable bonds is 60. The van der Waals surface area contributed by atoms with E-state index in [0.717, 1.165) is 62.9 Å². The van der Waals surface area contributed by atoms with Gasteiger partial charge in [-0.3, -0.25) is 37.8 Å². The van der Waals surface area contributed by atoms with E-state index in [9.17, 15) is 67.3 Å². The summed E-state index contributed by atoms with van der Waals surface area (Å²) >= 11 is 3.42. The number of aromatic nitrogens is 4. The average molecular weight is 1500 g/mol. The summed E-state index contributed by atoms with van der Waals surface area (Å²) in [5.41, 5.74) is -4.66. The fourth-order valence-electron chi connectivity index (χ4n) is 11.3. The maximum atomic E-state index is 13.8. The van der Waals surface area contributed by atoms with Gasteiger partial charge in [-0.25, -0.2) is 9.59 Å². The molecule has 0 saturated carbocycles. The number of H-pyrrole nitrogens is 2. The largest absolute Gasteiger partial charge is 2.00 e. The van der Waals surface area contributed by atoms with Gasteiger partial charge < -0.3 is 67.3 Å². The monoisotopic (exact) mass is 1500 g/mol. The second kappa shape index (κ2) is 56.9. The molecule has 4 heterocycles. The van der Waals surface area contributed by atoms with E-state index in [2.05, 4.69) is 27.7 Å². The van der Waals surface area contributed by atoms with Crippen molar-refractivity contribution in [1.82, 2.24) is 19.1 Å². The minimum absolute atomic E-state index is 0. The zero-order valence-corrected chi connectivity index (χ0v) is 64.7. The van der Waals surface area contributed by atoms with Crippen LogP contribution in [0.1, 0.15) is 271 Å². The van der Waals surface area contributed by atoms with E-state index >= 15 is 0 Å². The first-order valence-electron chi connectivity index (χ1n) is 36.8. The van der Waals surface area contributed by atoms with E-state index < -0.39 is 124 Å². The number of thioether (sulfide) groups is 2. The molecule has 572 valence electrons. The Balaban J connectivity index is 0.000000667. The molecule has 6 N–H and O–H groups in total. The molecule has 2 saturated heterocycles. The molecule has 0 bridgehead atoms. The number of hydrogen-bond donors (Lipinski definition) is 6. The van der Waals surface area contributed by atoms with Crippen LogP contribution in [0.15, 0.2) is 31.6 Å². The van der Waals surface area contributed by atoms with Gasteiger partial charge in [0, 0.05) is 24.7 Å². The summed E-state index contributed by atoms with van der Waals surface area (Å²) in [4.78, 5) is 75.6. The summed E-state index contributed by atoms with van der Waals surface area (Å²) in [6, 6.07) is 0. The summed E-state index contributed by atoms with van der Waals surface area (Å²) in [5.74, 6) is 0.421. The van der Waals surface area contributed by atoms with E-state index in [0.29, 0.717) is 46.2 Å². The van der Waals surface area contributed by atoms with Crippen LogP contribution < -0.4 is 32.3 Å². The van der Waals surface area contributed by atoms with E-state index in [4.69, 9.17) is 37.0 Å². The number of aliphatic hydroxyl groups excluding tert-OH is 4. The average Bonchev–Trinajstić information content (AvgIpc) is 1.67. The van der Waals surface area contributed by atoms with Crippen molar-refractivity contribution < 1.29 is 85.2 Å². The van der Waals surface area contributed by atoms with Crippen molar-refractivity contribution in [3.63, 3.8) is 0 Å². The third-order valence-corrected chi connectivity index (χ3v) is 21.5. The van der Waals surface area contributed by atoms with Gasteiger partial charge in [0.2, 0.25) is 11.6 Å². The quantitative estimate of drug-likeness (QED) is 0.0203. The Kier molecular flexibility index (Phi) is 53.8. The van der Waals surface area contributed by atoms with Crippen molar-refractivity contribution in [2.75, 3.05) is 62.7 Å². The van der Waals surface area contributed by atoms with Crippen LogP contribution >= 0.6 is 39.2 Å². The first-order chi connectivity index (χ1) is 47.2. The predicted octanol–water partition coefficient (Wildman–Crippen LogP) is 11.6. The molecule has 2 aliphatic heterocycles. The normalized spacial score (nSPS) is 21.1. The number of phosphoric acid groups is 2. The number of aliphatic hydroxyl groups is 4. The molecule has 4 unspecified atom stereocenters. The molecule has 2 aliphatic rings. The zero-order chi connectivity index (χ0) is 71.8. The number of nitrogens with zero attached hydrogens (tertiary/aromatic N) is 2. The number of unbranched alkanes of at least 4 members (excludes halogenated alkanes) is 32. The summed E-state index contributed by atoms with van der Waals surface area (Å²) in [6.07, 6.45) is 31.1. The predicted molar refractivity (Wildman–Crippen MR) is 382 cm³/mol. The van der Waals surface area contributed by atoms with Gasteiger partial charge in [0.25, 0.3) is 26.8 Å². The Labute approximate surface area is 611 Å². The summed E-state index contributed by atoms with van der Waals surface area (Å²) in [6.45, 7) is 7.92. The number of phosphoric ester groups is 2. The van der Waals surface area contributed by atoms with Crippen LogP contribution in [0.4, 0.5) is 8.78 Å². The van der Waals surface area contributed by atoms with E-state index in [1.165, 1.54) is 180 Å². The van der Waals surface area contributed by atoms with Crippen LogP contribution in [0, 0.1) is 11.6 Å². The standard InChI is InChI=1S/2C34H62FN2O10PS.Mg/c2*1-3-5-7-9-11-13-14-16-18-20-22-49-26-27(44-21-19-17-15-12-10-8-6-4-2)24-45-48(42,43)46-25-29-30(38)31(39)33(47-29)37-23-28(35)32(40)36-34(37)41;/h2*23,27,29-31,33,38-39H,3-22,24-26H2,1-2H3,(H,42,43)(H,36,40,41);/q;;+2/p-2/t2*27?,29-,30-,31-,33-;/m11./s1. The number of aromatic amines is 2. The van der Waals surface area contributed by atoms with Crippen molar-refractivity contribution in [2.45, 2.75) is 320 Å². The van der Waals surface area contributed by atoms with Gasteiger partial charge in [-0.1, -0.05) is 233 Å². The van der Waals surface area contributed by atoms with Crippen LogP contribution in [0.3, 0.4) is 0 Å². The number of nitrogens with one attached hydrogen (secondary N) is 2. The fraction of sp³-hybridized carbons (Fsp3) is 0.882. The molecule has 0 radical (unpaired) electrons. The minimum Gasteiger partial charge on any atom is -0.756 e. The summed E-state index contributed by atoms with van der Waals surface area (Å²) in [5, 5.41) is 41.5. The number of halogens is 2. The van der Waals surface area contributed by atoms with E-state index in [-0.39, 0.29) is 36.3 Å². The third kappa shape index (κ3) is 41.3. The van der Waals surface area contributed by atoms with Crippen molar-refractivity contribution >= 4 is 62.2 Å². The smallest absolute Gasteiger partial charge is 0.756 e. The van der Waals surface area contributed by atoms with Crippen LogP contribution in [-0.2, 0) is 46.2 Å². The molecule has 2 aromatic heterocycles. The van der Waals surface area contributed by atoms with Crippen LogP contribution in [0.25, 0.3) is 0 Å². The van der Waals surface area contributed by atoms with Crippen molar-refractivity contribution in [3.8, 4) is 0 Å². The second-order valence-electron chi connectivity index (χ2n) is 25.9. The number of hydrogen-bond acceptors (Lipinski definition) is 22. The van der Waals surface area contributed by atoms with Gasteiger partial charge in [0.15, 0.2) is 12.5 Å². The molecule has 4 rings (SSSR count). The Morgan fingerprint density at radius 2 is 0.727 bits per heavy atom. The van der Waals surface area contributed by atoms with Gasteiger partial charge in [-0.05, 0) is 37.2 Å². The van der Waals surface area contributed by atoms with Crippen molar-refractivity contribution in [3.05, 3.63) is 65.7 Å². The Bertz CT molecular complexity index is 2530. The van der Waals surface area contributed by atoms with Crippen LogP contribution in [0.2, 0.25) is 0 Å². The minimum atomic E-state index is -4.88.